The van der Waals surface area contributed by atoms with Crippen molar-refractivity contribution in [2.24, 2.45) is 5.73 Å². The van der Waals surface area contributed by atoms with Gasteiger partial charge in [0.25, 0.3) is 0 Å². The molecule has 0 saturated carbocycles. The molecule has 0 aliphatic heterocycles. The Balaban J connectivity index is 0.000000254. The van der Waals surface area contributed by atoms with E-state index in [1.807, 2.05) is 31.9 Å². The van der Waals surface area contributed by atoms with Crippen molar-refractivity contribution in [2.45, 2.75) is 13.8 Å². The highest BCUT2D eigenvalue weighted by atomic mass is 35.5. The van der Waals surface area contributed by atoms with Gasteiger partial charge in [0.1, 0.15) is 11.0 Å². The van der Waals surface area contributed by atoms with E-state index >= 15 is 0 Å². The van der Waals surface area contributed by atoms with Crippen LogP contribution in [-0.2, 0) is 0 Å². The van der Waals surface area contributed by atoms with E-state index in [9.17, 15) is 0 Å². The summed E-state index contributed by atoms with van der Waals surface area (Å²) in [5.41, 5.74) is 7.15. The molecule has 0 aliphatic carbocycles. The predicted molar refractivity (Wildman–Crippen MR) is 94.0 cm³/mol. The molecule has 0 aromatic carbocycles. The van der Waals surface area contributed by atoms with Gasteiger partial charge in [-0.3, -0.25) is 0 Å². The monoisotopic (exact) mass is 354 g/mol. The van der Waals surface area contributed by atoms with E-state index in [-0.39, 0.29) is 0 Å². The number of ether oxygens (including phenoxy) is 2. The third-order valence-electron chi connectivity index (χ3n) is 2.84. The first-order valence-electron chi connectivity index (χ1n) is 7.25. The molecule has 24 heavy (non-hydrogen) atoms. The zero-order valence-electron chi connectivity index (χ0n) is 14.6. The van der Waals surface area contributed by atoms with Gasteiger partial charge in [0.15, 0.2) is 0 Å². The van der Waals surface area contributed by atoms with E-state index in [1.165, 1.54) is 7.11 Å². The average Bonchev–Trinajstić information content (AvgIpc) is 2.54. The Kier molecular flexibility index (Phi) is 8.14. The van der Waals surface area contributed by atoms with E-state index in [0.717, 1.165) is 23.8 Å². The Morgan fingerprint density at radius 3 is 2.04 bits per heavy atom. The number of aryl methyl sites for hydroxylation is 2. The van der Waals surface area contributed by atoms with Crippen molar-refractivity contribution >= 4 is 17.4 Å². The molecule has 0 saturated heterocycles. The van der Waals surface area contributed by atoms with E-state index in [4.69, 9.17) is 26.8 Å². The van der Waals surface area contributed by atoms with Gasteiger partial charge in [-0.1, -0.05) is 11.6 Å². The SMILES string of the molecule is COc1nc(C)cc(Cl)n1.COc1nc(C)cc(N(C)CCN)n1. The zero-order chi connectivity index (χ0) is 18.1. The Bertz CT molecular complexity index is 636. The number of rotatable bonds is 5. The molecule has 0 unspecified atom stereocenters. The van der Waals surface area contributed by atoms with Crippen LogP contribution in [0, 0.1) is 13.8 Å². The number of hydrogen-bond donors (Lipinski definition) is 1. The fourth-order valence-corrected chi connectivity index (χ4v) is 1.95. The van der Waals surface area contributed by atoms with Crippen LogP contribution in [0.1, 0.15) is 11.4 Å². The molecule has 0 radical (unpaired) electrons. The van der Waals surface area contributed by atoms with Crippen LogP contribution in [-0.4, -0.2) is 54.3 Å². The van der Waals surface area contributed by atoms with Crippen molar-refractivity contribution in [3.8, 4) is 12.0 Å². The quantitative estimate of drug-likeness (QED) is 0.809. The van der Waals surface area contributed by atoms with Crippen molar-refractivity contribution in [1.29, 1.82) is 0 Å². The molecule has 2 aromatic rings. The lowest BCUT2D eigenvalue weighted by Crippen LogP contribution is -2.26. The average molecular weight is 355 g/mol. The van der Waals surface area contributed by atoms with Crippen LogP contribution in [0.25, 0.3) is 0 Å². The molecule has 0 atom stereocenters. The van der Waals surface area contributed by atoms with Gasteiger partial charge in [-0.2, -0.15) is 9.97 Å². The summed E-state index contributed by atoms with van der Waals surface area (Å²) in [4.78, 5) is 18.0. The van der Waals surface area contributed by atoms with E-state index < -0.39 is 0 Å². The predicted octanol–water partition coefficient (Wildman–Crippen LogP) is 1.64. The minimum atomic E-state index is 0.310. The number of nitrogens with zero attached hydrogens (tertiary/aromatic N) is 5. The maximum atomic E-state index is 5.60. The summed E-state index contributed by atoms with van der Waals surface area (Å²) < 4.78 is 9.75. The number of methoxy groups -OCH3 is 2. The summed E-state index contributed by atoms with van der Waals surface area (Å²) in [7, 11) is 5.00. The maximum absolute atomic E-state index is 5.60. The molecular weight excluding hydrogens is 332 g/mol. The molecule has 2 heterocycles. The molecular formula is C15H23ClN6O2. The number of halogens is 1. The van der Waals surface area contributed by atoms with Gasteiger partial charge < -0.3 is 20.1 Å². The standard InChI is InChI=1S/C9H16N4O.C6H7ClN2O/c1-7-6-8(13(2)5-4-10)12-9(11-7)14-3;1-4-3-5(7)9-6(8-4)10-2/h6H,4-5,10H2,1-3H3;3H,1-2H3. The summed E-state index contributed by atoms with van der Waals surface area (Å²) in [6.45, 7) is 5.10. The molecule has 9 heteroatoms. The molecule has 0 aliphatic rings. The summed E-state index contributed by atoms with van der Waals surface area (Å²) in [5, 5.41) is 0.407. The highest BCUT2D eigenvalue weighted by Crippen LogP contribution is 2.13. The van der Waals surface area contributed by atoms with Gasteiger partial charge in [-0.15, -0.1) is 0 Å². The second-order valence-corrected chi connectivity index (χ2v) is 5.27. The highest BCUT2D eigenvalue weighted by Gasteiger charge is 2.05. The molecule has 2 rings (SSSR count). The van der Waals surface area contributed by atoms with Crippen LogP contribution in [0.2, 0.25) is 5.15 Å². The van der Waals surface area contributed by atoms with Gasteiger partial charge >= 0.3 is 12.0 Å². The molecule has 2 N–H and O–H groups in total. The molecule has 0 fully saturated rings. The second kappa shape index (κ2) is 9.84. The number of anilines is 1. The van der Waals surface area contributed by atoms with Gasteiger partial charge in [-0.05, 0) is 19.9 Å². The number of aromatic nitrogens is 4. The Morgan fingerprint density at radius 1 is 1.00 bits per heavy atom. The van der Waals surface area contributed by atoms with Crippen LogP contribution in [0.5, 0.6) is 12.0 Å². The summed E-state index contributed by atoms with van der Waals surface area (Å²) in [6.07, 6.45) is 0. The van der Waals surface area contributed by atoms with Crippen LogP contribution in [0.4, 0.5) is 5.82 Å². The summed E-state index contributed by atoms with van der Waals surface area (Å²) in [5.74, 6) is 0.833. The van der Waals surface area contributed by atoms with Crippen LogP contribution >= 0.6 is 11.6 Å². The first kappa shape index (κ1) is 19.9. The van der Waals surface area contributed by atoms with Crippen molar-refractivity contribution in [2.75, 3.05) is 39.3 Å². The molecule has 2 aromatic heterocycles. The van der Waals surface area contributed by atoms with Gasteiger partial charge in [0.05, 0.1) is 14.2 Å². The van der Waals surface area contributed by atoms with Crippen molar-refractivity contribution in [3.63, 3.8) is 0 Å². The lowest BCUT2D eigenvalue weighted by Gasteiger charge is -2.17. The normalized spacial score (nSPS) is 9.79. The summed E-state index contributed by atoms with van der Waals surface area (Å²) >= 11 is 5.60. The first-order valence-corrected chi connectivity index (χ1v) is 7.63. The van der Waals surface area contributed by atoms with Crippen LogP contribution in [0.15, 0.2) is 12.1 Å². The number of likely N-dealkylation sites (N-methyl/N-ethyl adjacent to an activating group) is 1. The minimum absolute atomic E-state index is 0.310. The maximum Gasteiger partial charge on any atom is 0.318 e. The van der Waals surface area contributed by atoms with Gasteiger partial charge in [0, 0.05) is 37.6 Å². The molecule has 0 spiro atoms. The fourth-order valence-electron chi connectivity index (χ4n) is 1.72. The Morgan fingerprint density at radius 2 is 1.54 bits per heavy atom. The first-order chi connectivity index (χ1) is 11.4. The van der Waals surface area contributed by atoms with Gasteiger partial charge in [-0.25, -0.2) is 9.97 Å². The third-order valence-corrected chi connectivity index (χ3v) is 3.04. The fraction of sp³-hybridized carbons (Fsp3) is 0.467. The second-order valence-electron chi connectivity index (χ2n) is 4.88. The summed E-state index contributed by atoms with van der Waals surface area (Å²) in [6, 6.07) is 4.27. The van der Waals surface area contributed by atoms with E-state index in [1.54, 1.807) is 13.2 Å². The largest absolute Gasteiger partial charge is 0.467 e. The van der Waals surface area contributed by atoms with Crippen LogP contribution < -0.4 is 20.1 Å². The third kappa shape index (κ3) is 6.51. The van der Waals surface area contributed by atoms with Gasteiger partial charge in [0.2, 0.25) is 0 Å². The van der Waals surface area contributed by atoms with Crippen molar-refractivity contribution in [3.05, 3.63) is 28.7 Å². The Hall–Kier alpha value is -2.19. The van der Waals surface area contributed by atoms with Crippen molar-refractivity contribution < 1.29 is 9.47 Å². The zero-order valence-corrected chi connectivity index (χ0v) is 15.3. The Labute approximate surface area is 147 Å². The minimum Gasteiger partial charge on any atom is -0.467 e. The molecule has 8 nitrogen and oxygen atoms in total. The molecule has 132 valence electrons. The highest BCUT2D eigenvalue weighted by molar-refractivity contribution is 6.29. The number of nitrogens with two attached hydrogens (primary N) is 1. The van der Waals surface area contributed by atoms with E-state index in [2.05, 4.69) is 19.9 Å². The lowest BCUT2D eigenvalue weighted by molar-refractivity contribution is 0.378. The molecule has 0 bridgehead atoms. The molecule has 0 amide bonds. The topological polar surface area (TPSA) is 99.3 Å². The number of hydrogen-bond acceptors (Lipinski definition) is 8. The van der Waals surface area contributed by atoms with Crippen LogP contribution in [0.3, 0.4) is 0 Å². The lowest BCUT2D eigenvalue weighted by atomic mass is 10.4. The smallest absolute Gasteiger partial charge is 0.318 e. The van der Waals surface area contributed by atoms with Crippen molar-refractivity contribution in [1.82, 2.24) is 19.9 Å². The van der Waals surface area contributed by atoms with E-state index in [0.29, 0.717) is 23.7 Å².